The number of nitro benzene ring substituents is 1. The molecule has 0 heterocycles. The molecular formula is C11H13NO5S. The molecular weight excluding hydrogens is 258 g/mol. The van der Waals surface area contributed by atoms with Crippen molar-refractivity contribution in [3.8, 4) is 0 Å². The molecule has 0 N–H and O–H groups in total. The van der Waals surface area contributed by atoms with Gasteiger partial charge >= 0.3 is 0 Å². The topological polar surface area (TPSA) is 86.5 Å². The number of rotatable bonds is 7. The van der Waals surface area contributed by atoms with E-state index >= 15 is 0 Å². The van der Waals surface area contributed by atoms with E-state index in [1.54, 1.807) is 0 Å². The number of nitro groups is 1. The average molecular weight is 271 g/mol. The molecule has 0 spiro atoms. The van der Waals surface area contributed by atoms with Gasteiger partial charge in [-0.15, -0.1) is 0 Å². The van der Waals surface area contributed by atoms with Gasteiger partial charge < -0.3 is 4.74 Å². The van der Waals surface area contributed by atoms with Crippen molar-refractivity contribution in [2.75, 3.05) is 25.2 Å². The Kier molecular flexibility index (Phi) is 5.60. The minimum atomic E-state index is -1.27. The van der Waals surface area contributed by atoms with Gasteiger partial charge in [-0.1, -0.05) is 0 Å². The molecule has 0 fully saturated rings. The van der Waals surface area contributed by atoms with Crippen LogP contribution in [0.3, 0.4) is 0 Å². The van der Waals surface area contributed by atoms with Crippen molar-refractivity contribution < 1.29 is 18.7 Å². The molecule has 0 aliphatic rings. The molecule has 0 aliphatic carbocycles. The maximum Gasteiger partial charge on any atom is 0.269 e. The molecule has 18 heavy (non-hydrogen) atoms. The molecule has 0 saturated heterocycles. The van der Waals surface area contributed by atoms with Crippen molar-refractivity contribution in [1.29, 1.82) is 0 Å². The zero-order valence-electron chi connectivity index (χ0n) is 9.83. The lowest BCUT2D eigenvalue weighted by molar-refractivity contribution is -0.384. The van der Waals surface area contributed by atoms with Crippen LogP contribution in [0, 0.1) is 10.1 Å². The zero-order chi connectivity index (χ0) is 13.5. The van der Waals surface area contributed by atoms with Gasteiger partial charge in [-0.3, -0.25) is 19.1 Å². The Labute approximate surface area is 107 Å². The third-order valence-corrected chi connectivity index (χ3v) is 3.41. The Bertz CT molecular complexity index is 457. The summed E-state index contributed by atoms with van der Waals surface area (Å²) >= 11 is 0. The van der Waals surface area contributed by atoms with Crippen LogP contribution in [-0.4, -0.2) is 40.1 Å². The summed E-state index contributed by atoms with van der Waals surface area (Å²) in [6.07, 6.45) is 0. The van der Waals surface area contributed by atoms with Gasteiger partial charge in [-0.2, -0.15) is 0 Å². The van der Waals surface area contributed by atoms with Crippen molar-refractivity contribution in [3.05, 3.63) is 39.9 Å². The minimum Gasteiger partial charge on any atom is -0.384 e. The summed E-state index contributed by atoms with van der Waals surface area (Å²) in [5.74, 6) is -0.0875. The summed E-state index contributed by atoms with van der Waals surface area (Å²) in [7, 11) is 0.222. The highest BCUT2D eigenvalue weighted by molar-refractivity contribution is 7.85. The Morgan fingerprint density at radius 2 is 2.00 bits per heavy atom. The molecule has 1 unspecified atom stereocenters. The number of non-ortho nitro benzene ring substituents is 1. The number of nitrogens with zero attached hydrogens (tertiary/aromatic N) is 1. The van der Waals surface area contributed by atoms with Crippen LogP contribution in [0.15, 0.2) is 24.3 Å². The van der Waals surface area contributed by atoms with Crippen molar-refractivity contribution in [2.24, 2.45) is 0 Å². The van der Waals surface area contributed by atoms with Crippen molar-refractivity contribution >= 4 is 22.3 Å². The van der Waals surface area contributed by atoms with Crippen LogP contribution in [0.5, 0.6) is 0 Å². The third kappa shape index (κ3) is 4.34. The van der Waals surface area contributed by atoms with Gasteiger partial charge in [0, 0.05) is 41.4 Å². The van der Waals surface area contributed by atoms with Gasteiger partial charge in [-0.25, -0.2) is 0 Å². The summed E-state index contributed by atoms with van der Waals surface area (Å²) in [6.45, 7) is 0.333. The van der Waals surface area contributed by atoms with E-state index in [-0.39, 0.29) is 17.2 Å². The summed E-state index contributed by atoms with van der Waals surface area (Å²) in [5.41, 5.74) is 0.249. The second kappa shape index (κ2) is 6.97. The van der Waals surface area contributed by atoms with E-state index in [1.165, 1.54) is 31.4 Å². The van der Waals surface area contributed by atoms with Crippen molar-refractivity contribution in [3.63, 3.8) is 0 Å². The van der Waals surface area contributed by atoms with E-state index in [9.17, 15) is 19.1 Å². The van der Waals surface area contributed by atoms with E-state index in [0.717, 1.165) is 0 Å². The fourth-order valence-corrected chi connectivity index (χ4v) is 2.20. The molecule has 0 aliphatic heterocycles. The monoisotopic (exact) mass is 271 g/mol. The van der Waals surface area contributed by atoms with E-state index in [4.69, 9.17) is 4.74 Å². The number of Topliss-reactive ketones (excluding diaryl/α,β-unsaturated/α-hetero) is 1. The first-order valence-electron chi connectivity index (χ1n) is 5.16. The van der Waals surface area contributed by atoms with E-state index in [2.05, 4.69) is 0 Å². The smallest absolute Gasteiger partial charge is 0.269 e. The molecule has 0 saturated carbocycles. The lowest BCUT2D eigenvalue weighted by Gasteiger charge is -2.01. The summed E-state index contributed by atoms with van der Waals surface area (Å²) in [5, 5.41) is 10.4. The second-order valence-electron chi connectivity index (χ2n) is 3.51. The molecule has 1 aromatic carbocycles. The van der Waals surface area contributed by atoms with Crippen LogP contribution >= 0.6 is 0 Å². The Balaban J connectivity index is 2.61. The largest absolute Gasteiger partial charge is 0.384 e. The first kappa shape index (κ1) is 14.5. The summed E-state index contributed by atoms with van der Waals surface area (Å²) < 4.78 is 16.2. The normalized spacial score (nSPS) is 12.1. The Morgan fingerprint density at radius 3 is 2.50 bits per heavy atom. The SMILES string of the molecule is COCCS(=O)CC(=O)c1ccc([N+](=O)[O-])cc1. The average Bonchev–Trinajstić information content (AvgIpc) is 2.36. The zero-order valence-corrected chi connectivity index (χ0v) is 10.6. The van der Waals surface area contributed by atoms with Crippen molar-refractivity contribution in [2.45, 2.75) is 0 Å². The summed E-state index contributed by atoms with van der Waals surface area (Å²) in [4.78, 5) is 21.6. The van der Waals surface area contributed by atoms with E-state index < -0.39 is 15.7 Å². The highest BCUT2D eigenvalue weighted by Gasteiger charge is 2.12. The van der Waals surface area contributed by atoms with Crippen LogP contribution in [0.1, 0.15) is 10.4 Å². The second-order valence-corrected chi connectivity index (χ2v) is 5.08. The molecule has 0 radical (unpaired) electrons. The fraction of sp³-hybridized carbons (Fsp3) is 0.364. The molecule has 1 aromatic rings. The predicted octanol–water partition coefficient (Wildman–Crippen LogP) is 1.17. The fourth-order valence-electron chi connectivity index (χ4n) is 1.25. The van der Waals surface area contributed by atoms with Crippen LogP contribution in [0.2, 0.25) is 0 Å². The van der Waals surface area contributed by atoms with Crippen LogP contribution < -0.4 is 0 Å². The number of carbonyl (C=O) groups is 1. The van der Waals surface area contributed by atoms with Crippen LogP contribution in [0.4, 0.5) is 5.69 Å². The highest BCUT2D eigenvalue weighted by atomic mass is 32.2. The lowest BCUT2D eigenvalue weighted by Crippen LogP contribution is -2.15. The number of ether oxygens (including phenoxy) is 1. The van der Waals surface area contributed by atoms with Crippen LogP contribution in [0.25, 0.3) is 0 Å². The van der Waals surface area contributed by atoms with E-state index in [1.807, 2.05) is 0 Å². The van der Waals surface area contributed by atoms with Gasteiger partial charge in [0.15, 0.2) is 5.78 Å². The minimum absolute atomic E-state index is 0.0768. The van der Waals surface area contributed by atoms with Gasteiger partial charge in [-0.05, 0) is 12.1 Å². The lowest BCUT2D eigenvalue weighted by atomic mass is 10.1. The van der Waals surface area contributed by atoms with E-state index in [0.29, 0.717) is 17.9 Å². The highest BCUT2D eigenvalue weighted by Crippen LogP contribution is 2.12. The summed E-state index contributed by atoms with van der Waals surface area (Å²) in [6, 6.07) is 5.25. The molecule has 7 heteroatoms. The van der Waals surface area contributed by atoms with Gasteiger partial charge in [0.25, 0.3) is 5.69 Å². The Morgan fingerprint density at radius 1 is 1.39 bits per heavy atom. The number of ketones is 1. The van der Waals surface area contributed by atoms with Crippen molar-refractivity contribution in [1.82, 2.24) is 0 Å². The molecule has 0 amide bonds. The number of hydrogen-bond acceptors (Lipinski definition) is 5. The first-order chi connectivity index (χ1) is 8.54. The molecule has 6 nitrogen and oxygen atoms in total. The molecule has 1 atom stereocenters. The molecule has 0 aromatic heterocycles. The molecule has 0 bridgehead atoms. The van der Waals surface area contributed by atoms with Gasteiger partial charge in [0.1, 0.15) is 0 Å². The maximum absolute atomic E-state index is 11.7. The van der Waals surface area contributed by atoms with Gasteiger partial charge in [0.2, 0.25) is 0 Å². The number of hydrogen-bond donors (Lipinski definition) is 0. The quantitative estimate of drug-likeness (QED) is 0.422. The maximum atomic E-state index is 11.7. The number of benzene rings is 1. The molecule has 1 rings (SSSR count). The predicted molar refractivity (Wildman–Crippen MR) is 67.2 cm³/mol. The number of methoxy groups -OCH3 is 1. The number of carbonyl (C=O) groups excluding carboxylic acids is 1. The Hall–Kier alpha value is -1.60. The third-order valence-electron chi connectivity index (χ3n) is 2.21. The first-order valence-corrected chi connectivity index (χ1v) is 6.65. The van der Waals surface area contributed by atoms with Crippen LogP contribution in [-0.2, 0) is 15.5 Å². The van der Waals surface area contributed by atoms with Gasteiger partial charge in [0.05, 0.1) is 17.3 Å². The standard InChI is InChI=1S/C11H13NO5S/c1-17-6-7-18(16)8-11(13)9-2-4-10(5-3-9)12(14)15/h2-5H,6-8H2,1H3. The molecule has 98 valence electrons.